The fraction of sp³-hybridized carbons (Fsp3) is 0.500. The van der Waals surface area contributed by atoms with Crippen LogP contribution in [0.4, 0.5) is 0 Å². The second-order valence-corrected chi connectivity index (χ2v) is 2.78. The number of alkyl halides is 1. The third kappa shape index (κ3) is 1.85. The highest BCUT2D eigenvalue weighted by atomic mass is 35.5. The van der Waals surface area contributed by atoms with Crippen LogP contribution >= 0.6 is 11.6 Å². The molecule has 0 saturated heterocycles. The van der Waals surface area contributed by atoms with Gasteiger partial charge in [0.1, 0.15) is 5.82 Å². The Labute approximate surface area is 76.4 Å². The number of imidazole rings is 1. The van der Waals surface area contributed by atoms with E-state index in [1.165, 1.54) is 0 Å². The summed E-state index contributed by atoms with van der Waals surface area (Å²) in [5, 5.41) is 0. The SMILES string of the molecule is CCc1nccn1C(=O)CCCl. The molecule has 0 amide bonds. The molecule has 0 aliphatic heterocycles. The molecule has 12 heavy (non-hydrogen) atoms. The maximum atomic E-state index is 11.3. The predicted molar refractivity (Wildman–Crippen MR) is 47.6 cm³/mol. The van der Waals surface area contributed by atoms with Crippen LogP contribution in [0.5, 0.6) is 0 Å². The lowest BCUT2D eigenvalue weighted by Gasteiger charge is -2.01. The van der Waals surface area contributed by atoms with Gasteiger partial charge in [0.15, 0.2) is 0 Å². The lowest BCUT2D eigenvalue weighted by molar-refractivity contribution is 0.0906. The van der Waals surface area contributed by atoms with E-state index in [-0.39, 0.29) is 5.91 Å². The van der Waals surface area contributed by atoms with Crippen LogP contribution < -0.4 is 0 Å². The fourth-order valence-electron chi connectivity index (χ4n) is 1.02. The summed E-state index contributed by atoms with van der Waals surface area (Å²) in [6, 6.07) is 0. The Balaban J connectivity index is 2.79. The van der Waals surface area contributed by atoms with Crippen molar-refractivity contribution in [3.8, 4) is 0 Å². The van der Waals surface area contributed by atoms with E-state index in [2.05, 4.69) is 4.98 Å². The molecule has 0 aromatic carbocycles. The van der Waals surface area contributed by atoms with E-state index in [0.717, 1.165) is 12.2 Å². The maximum absolute atomic E-state index is 11.3. The number of carbonyl (C=O) groups is 1. The molecule has 0 aliphatic carbocycles. The fourth-order valence-corrected chi connectivity index (χ4v) is 1.19. The van der Waals surface area contributed by atoms with Crippen LogP contribution in [0.2, 0.25) is 0 Å². The molecule has 0 radical (unpaired) electrons. The summed E-state index contributed by atoms with van der Waals surface area (Å²) < 4.78 is 1.56. The molecule has 3 nitrogen and oxygen atoms in total. The van der Waals surface area contributed by atoms with Crippen molar-refractivity contribution in [2.45, 2.75) is 19.8 Å². The summed E-state index contributed by atoms with van der Waals surface area (Å²) in [6.45, 7) is 1.97. The van der Waals surface area contributed by atoms with Gasteiger partial charge in [-0.3, -0.25) is 9.36 Å². The molecule has 0 atom stereocenters. The van der Waals surface area contributed by atoms with E-state index in [0.29, 0.717) is 12.3 Å². The van der Waals surface area contributed by atoms with Crippen molar-refractivity contribution >= 4 is 17.5 Å². The zero-order valence-electron chi connectivity index (χ0n) is 6.96. The summed E-state index contributed by atoms with van der Waals surface area (Å²) in [5.74, 6) is 1.17. The Hall–Kier alpha value is -0.830. The molecule has 0 fully saturated rings. The Morgan fingerprint density at radius 3 is 3.08 bits per heavy atom. The average Bonchev–Trinajstić information content (AvgIpc) is 2.51. The molecule has 1 aromatic heterocycles. The minimum atomic E-state index is 0.0133. The summed E-state index contributed by atoms with van der Waals surface area (Å²) in [5.41, 5.74) is 0. The molecule has 1 heterocycles. The van der Waals surface area contributed by atoms with Crippen LogP contribution in [0.15, 0.2) is 12.4 Å². The van der Waals surface area contributed by atoms with Crippen LogP contribution in [0.1, 0.15) is 24.0 Å². The highest BCUT2D eigenvalue weighted by Crippen LogP contribution is 2.00. The number of halogens is 1. The molecule has 1 aromatic rings. The summed E-state index contributed by atoms with van der Waals surface area (Å²) in [4.78, 5) is 15.4. The van der Waals surface area contributed by atoms with E-state index >= 15 is 0 Å². The third-order valence-electron chi connectivity index (χ3n) is 1.61. The molecular weight excluding hydrogens is 176 g/mol. The van der Waals surface area contributed by atoms with Gasteiger partial charge in [0.05, 0.1) is 0 Å². The first-order chi connectivity index (χ1) is 5.79. The van der Waals surface area contributed by atoms with Crippen LogP contribution in [0, 0.1) is 0 Å². The number of nitrogens with zero attached hydrogens (tertiary/aromatic N) is 2. The summed E-state index contributed by atoms with van der Waals surface area (Å²) in [7, 11) is 0. The van der Waals surface area contributed by atoms with Crippen LogP contribution in [-0.4, -0.2) is 21.3 Å². The molecule has 0 spiro atoms. The molecule has 0 N–H and O–H groups in total. The highest BCUT2D eigenvalue weighted by molar-refractivity contribution is 6.19. The van der Waals surface area contributed by atoms with Crippen molar-refractivity contribution in [3.63, 3.8) is 0 Å². The number of rotatable bonds is 3. The van der Waals surface area contributed by atoms with Gasteiger partial charge in [-0.25, -0.2) is 4.98 Å². The lowest BCUT2D eigenvalue weighted by Crippen LogP contribution is -2.13. The molecule has 1 rings (SSSR count). The average molecular weight is 187 g/mol. The minimum Gasteiger partial charge on any atom is -0.274 e. The van der Waals surface area contributed by atoms with Gasteiger partial charge in [-0.15, -0.1) is 11.6 Å². The minimum absolute atomic E-state index is 0.0133. The Morgan fingerprint density at radius 2 is 2.50 bits per heavy atom. The van der Waals surface area contributed by atoms with Crippen molar-refractivity contribution in [1.82, 2.24) is 9.55 Å². The number of aryl methyl sites for hydroxylation is 1. The van der Waals surface area contributed by atoms with Crippen molar-refractivity contribution in [2.75, 3.05) is 5.88 Å². The first-order valence-electron chi connectivity index (χ1n) is 3.91. The summed E-state index contributed by atoms with van der Waals surface area (Å²) >= 11 is 5.45. The predicted octanol–water partition coefficient (Wildman–Crippen LogP) is 1.71. The van der Waals surface area contributed by atoms with E-state index in [9.17, 15) is 4.79 Å². The number of aromatic nitrogens is 2. The van der Waals surface area contributed by atoms with Crippen molar-refractivity contribution in [2.24, 2.45) is 0 Å². The molecule has 4 heteroatoms. The molecule has 0 unspecified atom stereocenters. The van der Waals surface area contributed by atoms with Gasteiger partial charge >= 0.3 is 0 Å². The topological polar surface area (TPSA) is 34.9 Å². The van der Waals surface area contributed by atoms with E-state index < -0.39 is 0 Å². The Bertz CT molecular complexity index is 270. The normalized spacial score (nSPS) is 10.2. The van der Waals surface area contributed by atoms with E-state index in [1.54, 1.807) is 17.0 Å². The van der Waals surface area contributed by atoms with Crippen LogP contribution in [0.3, 0.4) is 0 Å². The summed E-state index contributed by atoms with van der Waals surface area (Å²) in [6.07, 6.45) is 4.44. The first-order valence-corrected chi connectivity index (χ1v) is 4.44. The maximum Gasteiger partial charge on any atom is 0.233 e. The van der Waals surface area contributed by atoms with Gasteiger partial charge in [0.25, 0.3) is 0 Å². The van der Waals surface area contributed by atoms with Gasteiger partial charge in [-0.05, 0) is 0 Å². The van der Waals surface area contributed by atoms with Crippen molar-refractivity contribution in [3.05, 3.63) is 18.2 Å². The lowest BCUT2D eigenvalue weighted by atomic mass is 10.4. The van der Waals surface area contributed by atoms with Crippen LogP contribution in [0.25, 0.3) is 0 Å². The Morgan fingerprint density at radius 1 is 1.75 bits per heavy atom. The van der Waals surface area contributed by atoms with Crippen molar-refractivity contribution in [1.29, 1.82) is 0 Å². The quantitative estimate of drug-likeness (QED) is 0.674. The number of hydrogen-bond acceptors (Lipinski definition) is 2. The smallest absolute Gasteiger partial charge is 0.233 e. The van der Waals surface area contributed by atoms with Gasteiger partial charge in [0, 0.05) is 31.1 Å². The molecule has 0 aliphatic rings. The Kier molecular flexibility index (Phi) is 3.29. The zero-order chi connectivity index (χ0) is 8.97. The molecule has 0 bridgehead atoms. The largest absolute Gasteiger partial charge is 0.274 e. The second-order valence-electron chi connectivity index (χ2n) is 2.40. The van der Waals surface area contributed by atoms with Gasteiger partial charge < -0.3 is 0 Å². The van der Waals surface area contributed by atoms with Gasteiger partial charge in [-0.2, -0.15) is 0 Å². The van der Waals surface area contributed by atoms with Crippen LogP contribution in [-0.2, 0) is 6.42 Å². The van der Waals surface area contributed by atoms with E-state index in [1.807, 2.05) is 6.92 Å². The number of hydrogen-bond donors (Lipinski definition) is 0. The first kappa shape index (κ1) is 9.26. The number of carbonyl (C=O) groups excluding carboxylic acids is 1. The monoisotopic (exact) mass is 186 g/mol. The molecule has 0 saturated carbocycles. The molecule has 66 valence electrons. The van der Waals surface area contributed by atoms with E-state index in [4.69, 9.17) is 11.6 Å². The highest BCUT2D eigenvalue weighted by Gasteiger charge is 2.07. The zero-order valence-corrected chi connectivity index (χ0v) is 7.71. The van der Waals surface area contributed by atoms with Crippen molar-refractivity contribution < 1.29 is 4.79 Å². The molecular formula is C8H11ClN2O. The van der Waals surface area contributed by atoms with Gasteiger partial charge in [-0.1, -0.05) is 6.92 Å². The van der Waals surface area contributed by atoms with Gasteiger partial charge in [0.2, 0.25) is 5.91 Å². The second kappa shape index (κ2) is 4.26. The standard InChI is InChI=1S/C8H11ClN2O/c1-2-7-10-5-6-11(7)8(12)3-4-9/h5-6H,2-4H2,1H3. The third-order valence-corrected chi connectivity index (χ3v) is 1.80.